The summed E-state index contributed by atoms with van der Waals surface area (Å²) in [6.45, 7) is 0.501. The topological polar surface area (TPSA) is 164 Å². The van der Waals surface area contributed by atoms with Crippen molar-refractivity contribution in [1.82, 2.24) is 0 Å². The van der Waals surface area contributed by atoms with Crippen LogP contribution in [0.2, 0.25) is 0 Å². The fourth-order valence-corrected chi connectivity index (χ4v) is 0.461. The average Bonchev–Trinajstić information content (AvgIpc) is 1.96. The minimum atomic E-state index is -4.67. The van der Waals surface area contributed by atoms with Crippen molar-refractivity contribution in [3.05, 3.63) is 0 Å². The SMILES string of the molecule is NCCC[C@@H](N)C(=O)O.O=S(=O)(O)O. The van der Waals surface area contributed by atoms with E-state index in [0.29, 0.717) is 19.4 Å². The maximum Gasteiger partial charge on any atom is 0.394 e. The van der Waals surface area contributed by atoms with Gasteiger partial charge in [0.25, 0.3) is 0 Å². The summed E-state index contributed by atoms with van der Waals surface area (Å²) in [6, 6.07) is -0.742. The Morgan fingerprint density at radius 1 is 1.36 bits per heavy atom. The van der Waals surface area contributed by atoms with Gasteiger partial charge in [-0.3, -0.25) is 13.9 Å². The Morgan fingerprint density at radius 3 is 1.93 bits per heavy atom. The van der Waals surface area contributed by atoms with Gasteiger partial charge in [0.2, 0.25) is 0 Å². The molecular formula is C5H14N2O6S. The van der Waals surface area contributed by atoms with Crippen molar-refractivity contribution in [2.75, 3.05) is 6.54 Å². The van der Waals surface area contributed by atoms with Crippen LogP contribution in [0.25, 0.3) is 0 Å². The average molecular weight is 230 g/mol. The summed E-state index contributed by atoms with van der Waals surface area (Å²) in [6.07, 6.45) is 1.14. The lowest BCUT2D eigenvalue weighted by Crippen LogP contribution is -2.30. The second-order valence-electron chi connectivity index (χ2n) is 2.32. The van der Waals surface area contributed by atoms with Crippen molar-refractivity contribution in [1.29, 1.82) is 0 Å². The molecule has 0 heterocycles. The van der Waals surface area contributed by atoms with E-state index in [2.05, 4.69) is 0 Å². The van der Waals surface area contributed by atoms with E-state index in [1.54, 1.807) is 0 Å². The smallest absolute Gasteiger partial charge is 0.394 e. The number of aliphatic carboxylic acids is 1. The molecule has 0 unspecified atom stereocenters. The summed E-state index contributed by atoms with van der Waals surface area (Å²) < 4.78 is 31.6. The minimum Gasteiger partial charge on any atom is -0.480 e. The van der Waals surface area contributed by atoms with Gasteiger partial charge in [-0.25, -0.2) is 0 Å². The zero-order valence-electron chi connectivity index (χ0n) is 7.33. The van der Waals surface area contributed by atoms with E-state index in [1.807, 2.05) is 0 Å². The Balaban J connectivity index is 0. The highest BCUT2D eigenvalue weighted by Gasteiger charge is 2.08. The summed E-state index contributed by atoms with van der Waals surface area (Å²) in [4.78, 5) is 10.0. The molecule has 0 radical (unpaired) electrons. The Morgan fingerprint density at radius 2 is 1.71 bits per heavy atom. The summed E-state index contributed by atoms with van der Waals surface area (Å²) in [5.41, 5.74) is 10.3. The predicted molar refractivity (Wildman–Crippen MR) is 48.1 cm³/mol. The molecule has 86 valence electrons. The molecule has 0 aromatic rings. The van der Waals surface area contributed by atoms with E-state index in [9.17, 15) is 4.79 Å². The van der Waals surface area contributed by atoms with Crippen LogP contribution in [0, 0.1) is 0 Å². The van der Waals surface area contributed by atoms with Crippen LogP contribution in [0.5, 0.6) is 0 Å². The summed E-state index contributed by atoms with van der Waals surface area (Å²) in [5.74, 6) is -0.955. The van der Waals surface area contributed by atoms with Crippen LogP contribution in [-0.2, 0) is 15.2 Å². The van der Waals surface area contributed by atoms with Gasteiger partial charge in [0, 0.05) is 0 Å². The highest BCUT2D eigenvalue weighted by molar-refractivity contribution is 7.79. The Kier molecular flexibility index (Phi) is 8.58. The molecule has 9 heteroatoms. The van der Waals surface area contributed by atoms with Gasteiger partial charge >= 0.3 is 16.4 Å². The molecule has 0 aliphatic rings. The van der Waals surface area contributed by atoms with Gasteiger partial charge in [0.1, 0.15) is 6.04 Å². The molecule has 7 N–H and O–H groups in total. The van der Waals surface area contributed by atoms with Gasteiger partial charge in [-0.1, -0.05) is 0 Å². The lowest BCUT2D eigenvalue weighted by Gasteiger charge is -2.02. The number of nitrogens with two attached hydrogens (primary N) is 2. The summed E-state index contributed by atoms with van der Waals surface area (Å²) in [5, 5.41) is 8.24. The van der Waals surface area contributed by atoms with Crippen LogP contribution in [0.4, 0.5) is 0 Å². The van der Waals surface area contributed by atoms with E-state index in [4.69, 9.17) is 34.1 Å². The van der Waals surface area contributed by atoms with Crippen LogP contribution in [0.1, 0.15) is 12.8 Å². The Labute approximate surface area is 81.5 Å². The van der Waals surface area contributed by atoms with E-state index >= 15 is 0 Å². The second kappa shape index (κ2) is 7.64. The molecule has 0 saturated heterocycles. The van der Waals surface area contributed by atoms with Crippen LogP contribution in [0.15, 0.2) is 0 Å². The zero-order chi connectivity index (χ0) is 11.8. The first kappa shape index (κ1) is 15.7. The number of hydrogen-bond donors (Lipinski definition) is 5. The Hall–Kier alpha value is -0.740. The molecule has 0 aliphatic carbocycles. The quantitative estimate of drug-likeness (QED) is 0.363. The molecule has 0 rings (SSSR count). The predicted octanol–water partition coefficient (Wildman–Crippen LogP) is -1.52. The molecule has 0 aromatic heterocycles. The monoisotopic (exact) mass is 230 g/mol. The van der Waals surface area contributed by atoms with Crippen molar-refractivity contribution in [2.24, 2.45) is 11.5 Å². The number of carboxylic acids is 1. The van der Waals surface area contributed by atoms with Crippen molar-refractivity contribution in [3.8, 4) is 0 Å². The van der Waals surface area contributed by atoms with Crippen molar-refractivity contribution in [3.63, 3.8) is 0 Å². The number of hydrogen-bond acceptors (Lipinski definition) is 5. The van der Waals surface area contributed by atoms with Gasteiger partial charge in [0.05, 0.1) is 0 Å². The van der Waals surface area contributed by atoms with Crippen molar-refractivity contribution >= 4 is 16.4 Å². The largest absolute Gasteiger partial charge is 0.480 e. The zero-order valence-corrected chi connectivity index (χ0v) is 8.14. The van der Waals surface area contributed by atoms with Gasteiger partial charge in [-0.15, -0.1) is 0 Å². The molecule has 0 saturated carbocycles. The molecule has 0 fully saturated rings. The summed E-state index contributed by atoms with van der Waals surface area (Å²) >= 11 is 0. The Bertz CT molecular complexity index is 243. The maximum atomic E-state index is 10.0. The van der Waals surface area contributed by atoms with Gasteiger partial charge < -0.3 is 16.6 Å². The second-order valence-corrected chi connectivity index (χ2v) is 3.22. The molecule has 0 aliphatic heterocycles. The fraction of sp³-hybridized carbons (Fsp3) is 0.800. The molecular weight excluding hydrogens is 216 g/mol. The molecule has 1 atom stereocenters. The van der Waals surface area contributed by atoms with Gasteiger partial charge in [0.15, 0.2) is 0 Å². The van der Waals surface area contributed by atoms with Crippen LogP contribution in [0.3, 0.4) is 0 Å². The molecule has 0 spiro atoms. The third kappa shape index (κ3) is 22.5. The minimum absolute atomic E-state index is 0.464. The van der Waals surface area contributed by atoms with Crippen LogP contribution < -0.4 is 11.5 Å². The molecule has 0 bridgehead atoms. The van der Waals surface area contributed by atoms with E-state index in [1.165, 1.54) is 0 Å². The number of carboxylic acid groups (broad SMARTS) is 1. The highest BCUT2D eigenvalue weighted by Crippen LogP contribution is 1.91. The number of rotatable bonds is 4. The number of carbonyl (C=O) groups is 1. The van der Waals surface area contributed by atoms with E-state index in [0.717, 1.165) is 0 Å². The van der Waals surface area contributed by atoms with Crippen molar-refractivity contribution in [2.45, 2.75) is 18.9 Å². The highest BCUT2D eigenvalue weighted by atomic mass is 32.3. The first-order valence-electron chi connectivity index (χ1n) is 3.56. The molecule has 8 nitrogen and oxygen atoms in total. The first-order valence-corrected chi connectivity index (χ1v) is 4.96. The van der Waals surface area contributed by atoms with Crippen molar-refractivity contribution < 1.29 is 27.4 Å². The third-order valence-corrected chi connectivity index (χ3v) is 1.04. The normalized spacial score (nSPS) is 12.6. The third-order valence-electron chi connectivity index (χ3n) is 1.04. The maximum absolute atomic E-state index is 10.0. The molecule has 14 heavy (non-hydrogen) atoms. The molecule has 0 amide bonds. The standard InChI is InChI=1S/C5H12N2O2.H2O4S/c6-3-1-2-4(7)5(8)9;1-5(2,3)4/h4H,1-3,6-7H2,(H,8,9);(H2,1,2,3,4)/t4-;/m1./s1. The summed E-state index contributed by atoms with van der Waals surface area (Å²) in [7, 11) is -4.67. The lowest BCUT2D eigenvalue weighted by atomic mass is 10.2. The van der Waals surface area contributed by atoms with E-state index in [-0.39, 0.29) is 0 Å². The molecule has 0 aromatic carbocycles. The van der Waals surface area contributed by atoms with Crippen LogP contribution >= 0.6 is 0 Å². The van der Waals surface area contributed by atoms with E-state index < -0.39 is 22.4 Å². The van der Waals surface area contributed by atoms with Gasteiger partial charge in [-0.05, 0) is 19.4 Å². The first-order chi connectivity index (χ1) is 6.18. The van der Waals surface area contributed by atoms with Crippen LogP contribution in [-0.4, -0.2) is 41.2 Å². The lowest BCUT2D eigenvalue weighted by molar-refractivity contribution is -0.138. The fourth-order valence-electron chi connectivity index (χ4n) is 0.461. The van der Waals surface area contributed by atoms with Gasteiger partial charge in [-0.2, -0.15) is 8.42 Å².